The molecule has 0 spiro atoms. The van der Waals surface area contributed by atoms with E-state index in [-0.39, 0.29) is 26.4 Å². The zero-order valence-electron chi connectivity index (χ0n) is 24.2. The molecule has 0 saturated heterocycles. The van der Waals surface area contributed by atoms with Crippen LogP contribution in [0.3, 0.4) is 0 Å². The molecule has 0 radical (unpaired) electrons. The van der Waals surface area contributed by atoms with Crippen LogP contribution in [-0.2, 0) is 19.1 Å². The van der Waals surface area contributed by atoms with Gasteiger partial charge >= 0.3 is 11.9 Å². The molecule has 0 amide bonds. The third-order valence-electron chi connectivity index (χ3n) is 5.82. The molecule has 8 nitrogen and oxygen atoms in total. The molecule has 0 aromatic heterocycles. The number of aliphatic hydroxyl groups excluding tert-OH is 1. The van der Waals surface area contributed by atoms with Crippen LogP contribution < -0.4 is 14.2 Å². The number of hydrogen-bond acceptors (Lipinski definition) is 8. The average molecular weight is 573 g/mol. The van der Waals surface area contributed by atoms with Crippen LogP contribution in [0.5, 0.6) is 17.2 Å². The summed E-state index contributed by atoms with van der Waals surface area (Å²) in [6.07, 6.45) is -1.15. The van der Waals surface area contributed by atoms with Crippen molar-refractivity contribution in [3.63, 3.8) is 0 Å². The van der Waals surface area contributed by atoms with Crippen molar-refractivity contribution in [3.8, 4) is 39.5 Å². The van der Waals surface area contributed by atoms with Crippen LogP contribution in [0.15, 0.2) is 103 Å². The molecule has 0 fully saturated rings. The van der Waals surface area contributed by atoms with E-state index in [0.717, 1.165) is 22.3 Å². The van der Waals surface area contributed by atoms with Gasteiger partial charge in [-0.25, -0.2) is 9.59 Å². The van der Waals surface area contributed by atoms with E-state index in [2.05, 4.69) is 19.7 Å². The van der Waals surface area contributed by atoms with Crippen molar-refractivity contribution in [3.05, 3.63) is 103 Å². The van der Waals surface area contributed by atoms with Crippen LogP contribution in [0.25, 0.3) is 22.3 Å². The van der Waals surface area contributed by atoms with E-state index in [0.29, 0.717) is 34.0 Å². The molecule has 0 aliphatic rings. The summed E-state index contributed by atoms with van der Waals surface area (Å²) in [7, 11) is 0. The lowest BCUT2D eigenvalue weighted by Crippen LogP contribution is -2.16. The van der Waals surface area contributed by atoms with E-state index in [4.69, 9.17) is 23.7 Å². The predicted octanol–water partition coefficient (Wildman–Crippen LogP) is 6.29. The Morgan fingerprint density at radius 3 is 1.38 bits per heavy atom. The third kappa shape index (κ3) is 9.67. The summed E-state index contributed by atoms with van der Waals surface area (Å²) < 4.78 is 27.2. The van der Waals surface area contributed by atoms with E-state index in [9.17, 15) is 14.7 Å². The zero-order valence-corrected chi connectivity index (χ0v) is 24.2. The van der Waals surface area contributed by atoms with Crippen molar-refractivity contribution in [2.45, 2.75) is 27.1 Å². The fourth-order valence-corrected chi connectivity index (χ4v) is 3.55. The Balaban J connectivity index is 1.74. The lowest BCUT2D eigenvalue weighted by molar-refractivity contribution is -0.140. The van der Waals surface area contributed by atoms with Gasteiger partial charge in [0.25, 0.3) is 0 Å². The number of rotatable bonds is 15. The van der Waals surface area contributed by atoms with Crippen molar-refractivity contribution in [2.75, 3.05) is 26.4 Å². The van der Waals surface area contributed by atoms with Crippen molar-refractivity contribution in [1.82, 2.24) is 0 Å². The SMILES string of the molecule is C=C(C)C(=O)OCCOc1ccc(-c2cc(OC(O)C(=C)C)cc(-c3ccc(OCCOC(=O)C(=C)C)cc3)c2)cc1. The molecule has 3 aromatic carbocycles. The highest BCUT2D eigenvalue weighted by Gasteiger charge is 2.12. The fourth-order valence-electron chi connectivity index (χ4n) is 3.55. The minimum atomic E-state index is -1.15. The first kappa shape index (κ1) is 31.7. The Kier molecular flexibility index (Phi) is 11.5. The molecule has 3 aromatic rings. The Morgan fingerprint density at radius 1 is 0.619 bits per heavy atom. The first-order chi connectivity index (χ1) is 20.0. The monoisotopic (exact) mass is 572 g/mol. The molecular weight excluding hydrogens is 536 g/mol. The van der Waals surface area contributed by atoms with Crippen LogP contribution in [0, 0.1) is 0 Å². The molecule has 42 heavy (non-hydrogen) atoms. The molecule has 1 atom stereocenters. The molecule has 0 bridgehead atoms. The average Bonchev–Trinajstić information content (AvgIpc) is 2.97. The first-order valence-corrected chi connectivity index (χ1v) is 13.3. The van der Waals surface area contributed by atoms with Crippen LogP contribution >= 0.6 is 0 Å². The van der Waals surface area contributed by atoms with Crippen molar-refractivity contribution >= 4 is 11.9 Å². The van der Waals surface area contributed by atoms with E-state index in [1.54, 1.807) is 20.8 Å². The minimum absolute atomic E-state index is 0.119. The van der Waals surface area contributed by atoms with Gasteiger partial charge in [-0.15, -0.1) is 0 Å². The molecular formula is C34H36O8. The number of carbonyl (C=O) groups is 2. The summed E-state index contributed by atoms with van der Waals surface area (Å²) in [6, 6.07) is 20.6. The van der Waals surface area contributed by atoms with Crippen molar-refractivity contribution in [1.29, 1.82) is 0 Å². The first-order valence-electron chi connectivity index (χ1n) is 13.3. The summed E-state index contributed by atoms with van der Waals surface area (Å²) in [5.41, 5.74) is 4.67. The van der Waals surface area contributed by atoms with Gasteiger partial charge in [-0.3, -0.25) is 0 Å². The van der Waals surface area contributed by atoms with Gasteiger partial charge < -0.3 is 28.8 Å². The molecule has 8 heteroatoms. The second-order valence-corrected chi connectivity index (χ2v) is 9.64. The van der Waals surface area contributed by atoms with Gasteiger partial charge in [0.1, 0.15) is 43.7 Å². The normalized spacial score (nSPS) is 11.1. The summed E-state index contributed by atoms with van der Waals surface area (Å²) in [6.45, 7) is 16.4. The molecule has 3 rings (SSSR count). The number of benzene rings is 3. The third-order valence-corrected chi connectivity index (χ3v) is 5.82. The van der Waals surface area contributed by atoms with Crippen LogP contribution in [0.2, 0.25) is 0 Å². The van der Waals surface area contributed by atoms with E-state index < -0.39 is 18.2 Å². The summed E-state index contributed by atoms with van der Waals surface area (Å²) in [5.74, 6) is 0.818. The van der Waals surface area contributed by atoms with Gasteiger partial charge in [-0.05, 0) is 91.1 Å². The summed E-state index contributed by atoms with van der Waals surface area (Å²) in [4.78, 5) is 23.0. The maximum Gasteiger partial charge on any atom is 0.333 e. The van der Waals surface area contributed by atoms with Gasteiger partial charge in [0.2, 0.25) is 6.29 Å². The number of carbonyl (C=O) groups excluding carboxylic acids is 2. The molecule has 0 heterocycles. The zero-order chi connectivity index (χ0) is 30.6. The van der Waals surface area contributed by atoms with Gasteiger partial charge in [0.05, 0.1) is 0 Å². The number of hydrogen-bond donors (Lipinski definition) is 1. The highest BCUT2D eigenvalue weighted by Crippen LogP contribution is 2.33. The molecule has 0 aliphatic heterocycles. The van der Waals surface area contributed by atoms with E-state index >= 15 is 0 Å². The fraction of sp³-hybridized carbons (Fsp3) is 0.235. The Labute approximate surface area is 246 Å². The lowest BCUT2D eigenvalue weighted by atomic mass is 9.98. The van der Waals surface area contributed by atoms with Crippen molar-refractivity contribution in [2.24, 2.45) is 0 Å². The molecule has 0 saturated carbocycles. The smallest absolute Gasteiger partial charge is 0.333 e. The van der Waals surface area contributed by atoms with Gasteiger partial charge in [0, 0.05) is 11.1 Å². The summed E-state index contributed by atoms with van der Waals surface area (Å²) >= 11 is 0. The Morgan fingerprint density at radius 2 is 1.02 bits per heavy atom. The number of esters is 2. The standard InChI is InChI=1S/C34H36O8/c1-22(2)32(35)40-17-15-38-29-11-7-25(8-12-29)27-19-28(21-31(20-27)42-34(37)24(5)6)26-9-13-30(14-10-26)39-16-18-41-33(36)23(3)4/h7-14,19-21,34,37H,1,3,5,15-18H2,2,4,6H3. The van der Waals surface area contributed by atoms with Crippen molar-refractivity contribution < 1.29 is 38.4 Å². The van der Waals surface area contributed by atoms with E-state index in [1.807, 2.05) is 66.7 Å². The largest absolute Gasteiger partial charge is 0.490 e. The van der Waals surface area contributed by atoms with E-state index in [1.165, 1.54) is 0 Å². The summed E-state index contributed by atoms with van der Waals surface area (Å²) in [5, 5.41) is 10.3. The second kappa shape index (κ2) is 15.3. The number of ether oxygens (including phenoxy) is 5. The maximum atomic E-state index is 11.5. The molecule has 1 N–H and O–H groups in total. The predicted molar refractivity (Wildman–Crippen MR) is 161 cm³/mol. The topological polar surface area (TPSA) is 101 Å². The Hall–Kier alpha value is -4.82. The van der Waals surface area contributed by atoms with Crippen LogP contribution in [-0.4, -0.2) is 49.8 Å². The van der Waals surface area contributed by atoms with Gasteiger partial charge in [-0.2, -0.15) is 0 Å². The molecule has 1 unspecified atom stereocenters. The Bertz CT molecular complexity index is 1330. The quantitative estimate of drug-likeness (QED) is 0.0746. The van der Waals surface area contributed by atoms with Gasteiger partial charge in [-0.1, -0.05) is 44.0 Å². The van der Waals surface area contributed by atoms with Crippen LogP contribution in [0.1, 0.15) is 20.8 Å². The molecule has 0 aliphatic carbocycles. The lowest BCUT2D eigenvalue weighted by Gasteiger charge is -2.16. The number of aliphatic hydroxyl groups is 1. The maximum absolute atomic E-state index is 11.5. The highest BCUT2D eigenvalue weighted by atomic mass is 16.6. The second-order valence-electron chi connectivity index (χ2n) is 9.64. The van der Waals surface area contributed by atoms with Crippen LogP contribution in [0.4, 0.5) is 0 Å². The highest BCUT2D eigenvalue weighted by molar-refractivity contribution is 5.87. The molecule has 220 valence electrons. The minimum Gasteiger partial charge on any atom is -0.490 e. The van der Waals surface area contributed by atoms with Gasteiger partial charge in [0.15, 0.2) is 0 Å².